The molecule has 2 aromatic carbocycles. The van der Waals surface area contributed by atoms with E-state index < -0.39 is 6.04 Å². The molecule has 4 rings (SSSR count). The van der Waals surface area contributed by atoms with Crippen LogP contribution in [-0.2, 0) is 4.74 Å². The van der Waals surface area contributed by atoms with Crippen molar-refractivity contribution in [2.45, 2.75) is 12.5 Å². The lowest BCUT2D eigenvalue weighted by atomic mass is 9.97. The van der Waals surface area contributed by atoms with Gasteiger partial charge in [0.15, 0.2) is 16.9 Å². The van der Waals surface area contributed by atoms with Gasteiger partial charge in [-0.2, -0.15) is 0 Å². The number of carbonyl (C=O) groups is 1. The van der Waals surface area contributed by atoms with Crippen LogP contribution in [0.1, 0.15) is 34.1 Å². The van der Waals surface area contributed by atoms with Crippen molar-refractivity contribution in [3.63, 3.8) is 0 Å². The molecule has 1 aliphatic heterocycles. The van der Waals surface area contributed by atoms with Gasteiger partial charge < -0.3 is 28.3 Å². The van der Waals surface area contributed by atoms with Crippen LogP contribution in [0.4, 0.5) is 0 Å². The molecule has 174 valence electrons. The quantitative estimate of drug-likeness (QED) is 0.456. The Balaban J connectivity index is 1.97. The number of carbonyl (C=O) groups excluding carboxylic acids is 1. The molecule has 0 spiro atoms. The maximum Gasteiger partial charge on any atom is 0.290 e. The van der Waals surface area contributed by atoms with Crippen molar-refractivity contribution in [2.75, 3.05) is 41.6 Å². The summed E-state index contributed by atoms with van der Waals surface area (Å²) in [5.74, 6) is 0.895. The average molecular weight is 474 g/mol. The summed E-state index contributed by atoms with van der Waals surface area (Å²) >= 11 is 6.13. The first-order valence-corrected chi connectivity index (χ1v) is 10.7. The minimum Gasteiger partial charge on any atom is -0.493 e. The maximum atomic E-state index is 13.6. The lowest BCUT2D eigenvalue weighted by Gasteiger charge is -2.26. The zero-order chi connectivity index (χ0) is 23.7. The zero-order valence-corrected chi connectivity index (χ0v) is 19.5. The average Bonchev–Trinajstić information content (AvgIpc) is 3.10. The fourth-order valence-corrected chi connectivity index (χ4v) is 4.38. The molecule has 0 bridgehead atoms. The van der Waals surface area contributed by atoms with Crippen molar-refractivity contribution in [3.05, 3.63) is 62.5 Å². The van der Waals surface area contributed by atoms with Crippen molar-refractivity contribution in [3.8, 4) is 17.2 Å². The fraction of sp³-hybridized carbons (Fsp3) is 0.333. The van der Waals surface area contributed by atoms with Crippen LogP contribution in [0.15, 0.2) is 39.5 Å². The zero-order valence-electron chi connectivity index (χ0n) is 18.8. The van der Waals surface area contributed by atoms with Crippen LogP contribution in [0.5, 0.6) is 17.2 Å². The highest BCUT2D eigenvalue weighted by Crippen LogP contribution is 2.45. The van der Waals surface area contributed by atoms with Crippen LogP contribution >= 0.6 is 11.6 Å². The highest BCUT2D eigenvalue weighted by atomic mass is 35.5. The number of rotatable bonds is 8. The monoisotopic (exact) mass is 473 g/mol. The van der Waals surface area contributed by atoms with Crippen LogP contribution in [-0.4, -0.2) is 52.4 Å². The number of halogens is 1. The summed E-state index contributed by atoms with van der Waals surface area (Å²) in [6.45, 7) is 0.815. The van der Waals surface area contributed by atoms with E-state index >= 15 is 0 Å². The van der Waals surface area contributed by atoms with Crippen molar-refractivity contribution >= 4 is 28.5 Å². The first-order chi connectivity index (χ1) is 15.9. The highest BCUT2D eigenvalue weighted by molar-refractivity contribution is 6.31. The first kappa shape index (κ1) is 22.9. The van der Waals surface area contributed by atoms with Gasteiger partial charge in [0.05, 0.1) is 38.3 Å². The molecule has 9 heteroatoms. The molecule has 33 heavy (non-hydrogen) atoms. The predicted molar refractivity (Wildman–Crippen MR) is 123 cm³/mol. The molecule has 1 atom stereocenters. The van der Waals surface area contributed by atoms with Gasteiger partial charge in [0, 0.05) is 25.3 Å². The number of benzene rings is 2. The SMILES string of the molecule is COCCCN1C(=O)c2oc3ccc(Cl)cc3c(=O)c2[C@@H]1c1cc(OC)c(OC)c(OC)c1. The largest absolute Gasteiger partial charge is 0.493 e. The Labute approximate surface area is 195 Å². The normalized spacial score (nSPS) is 15.1. The minimum absolute atomic E-state index is 0.0194. The van der Waals surface area contributed by atoms with Crippen molar-refractivity contribution in [1.29, 1.82) is 0 Å². The van der Waals surface area contributed by atoms with Gasteiger partial charge in [-0.1, -0.05) is 11.6 Å². The van der Waals surface area contributed by atoms with E-state index in [1.807, 2.05) is 0 Å². The third-order valence-corrected chi connectivity index (χ3v) is 5.91. The Morgan fingerprint density at radius 1 is 1.00 bits per heavy atom. The molecule has 0 saturated carbocycles. The minimum atomic E-state index is -0.710. The highest BCUT2D eigenvalue weighted by Gasteiger charge is 2.43. The molecular formula is C24H24ClNO7. The molecule has 0 saturated heterocycles. The number of amides is 1. The van der Waals surface area contributed by atoms with Crippen LogP contribution in [0.3, 0.4) is 0 Å². The van der Waals surface area contributed by atoms with Crippen LogP contribution in [0.25, 0.3) is 11.0 Å². The molecule has 1 aliphatic rings. The standard InChI is InChI=1S/C24H24ClNO7/c1-29-9-5-8-26-20(13-10-17(30-2)22(32-4)18(11-13)31-3)19-21(27)15-12-14(25)6-7-16(15)33-23(19)24(26)28/h6-7,10-12,20H,5,8-9H2,1-4H3/t20-/m0/s1. The second-order valence-electron chi connectivity index (χ2n) is 7.52. The predicted octanol–water partition coefficient (Wildman–Crippen LogP) is 4.05. The summed E-state index contributed by atoms with van der Waals surface area (Å²) in [6.07, 6.45) is 0.580. The molecule has 0 radical (unpaired) electrons. The number of nitrogens with zero attached hydrogens (tertiary/aromatic N) is 1. The van der Waals surface area contributed by atoms with Gasteiger partial charge in [-0.15, -0.1) is 0 Å². The van der Waals surface area contributed by atoms with E-state index in [1.165, 1.54) is 21.3 Å². The van der Waals surface area contributed by atoms with Gasteiger partial charge in [0.25, 0.3) is 5.91 Å². The summed E-state index contributed by atoms with van der Waals surface area (Å²) in [4.78, 5) is 28.6. The van der Waals surface area contributed by atoms with Crippen LogP contribution in [0.2, 0.25) is 5.02 Å². The van der Waals surface area contributed by atoms with E-state index in [9.17, 15) is 9.59 Å². The molecule has 1 amide bonds. The number of fused-ring (bicyclic) bond motifs is 2. The number of hydrogen-bond donors (Lipinski definition) is 0. The molecule has 0 aliphatic carbocycles. The Morgan fingerprint density at radius 3 is 2.30 bits per heavy atom. The Bertz CT molecular complexity index is 1240. The molecule has 3 aromatic rings. The van der Waals surface area contributed by atoms with E-state index in [0.29, 0.717) is 58.4 Å². The van der Waals surface area contributed by atoms with E-state index in [2.05, 4.69) is 0 Å². The topological polar surface area (TPSA) is 87.4 Å². The molecule has 0 fully saturated rings. The van der Waals surface area contributed by atoms with Gasteiger partial charge in [-0.05, 0) is 42.3 Å². The summed E-state index contributed by atoms with van der Waals surface area (Å²) in [7, 11) is 6.12. The summed E-state index contributed by atoms with van der Waals surface area (Å²) in [5.41, 5.74) is 0.873. The van der Waals surface area contributed by atoms with E-state index in [0.717, 1.165) is 0 Å². The Kier molecular flexibility index (Phi) is 6.49. The van der Waals surface area contributed by atoms with Gasteiger partial charge in [0.2, 0.25) is 11.5 Å². The summed E-state index contributed by atoms with van der Waals surface area (Å²) in [5, 5.41) is 0.714. The second kappa shape index (κ2) is 9.33. The van der Waals surface area contributed by atoms with E-state index in [1.54, 1.807) is 42.3 Å². The number of hydrogen-bond acceptors (Lipinski definition) is 7. The first-order valence-electron chi connectivity index (χ1n) is 10.3. The van der Waals surface area contributed by atoms with Crippen LogP contribution < -0.4 is 19.6 Å². The lowest BCUT2D eigenvalue weighted by molar-refractivity contribution is 0.0707. The van der Waals surface area contributed by atoms with Gasteiger partial charge in [-0.25, -0.2) is 0 Å². The third kappa shape index (κ3) is 3.89. The van der Waals surface area contributed by atoms with E-state index in [4.69, 9.17) is 35.0 Å². The van der Waals surface area contributed by atoms with E-state index in [-0.39, 0.29) is 22.7 Å². The Morgan fingerprint density at radius 2 is 1.70 bits per heavy atom. The summed E-state index contributed by atoms with van der Waals surface area (Å²) < 4.78 is 27.5. The third-order valence-electron chi connectivity index (χ3n) is 5.68. The molecule has 0 unspecified atom stereocenters. The van der Waals surface area contributed by atoms with Gasteiger partial charge in [0.1, 0.15) is 5.58 Å². The molecule has 8 nitrogen and oxygen atoms in total. The second-order valence-corrected chi connectivity index (χ2v) is 7.96. The summed E-state index contributed by atoms with van der Waals surface area (Å²) in [6, 6.07) is 7.52. The Hall–Kier alpha value is -3.23. The molecule has 1 aromatic heterocycles. The smallest absolute Gasteiger partial charge is 0.290 e. The lowest BCUT2D eigenvalue weighted by Crippen LogP contribution is -2.31. The maximum absolute atomic E-state index is 13.6. The van der Waals surface area contributed by atoms with Crippen molar-refractivity contribution < 1.29 is 28.2 Å². The van der Waals surface area contributed by atoms with Crippen LogP contribution in [0, 0.1) is 0 Å². The van der Waals surface area contributed by atoms with Crippen molar-refractivity contribution in [1.82, 2.24) is 4.90 Å². The van der Waals surface area contributed by atoms with Crippen molar-refractivity contribution in [2.24, 2.45) is 0 Å². The molecule has 0 N–H and O–H groups in total. The van der Waals surface area contributed by atoms with Gasteiger partial charge >= 0.3 is 0 Å². The fourth-order valence-electron chi connectivity index (χ4n) is 4.21. The molecular weight excluding hydrogens is 450 g/mol. The number of methoxy groups -OCH3 is 4. The molecule has 2 heterocycles. The number of ether oxygens (including phenoxy) is 4. The van der Waals surface area contributed by atoms with Gasteiger partial charge in [-0.3, -0.25) is 9.59 Å².